The molecule has 0 fully saturated rings. The van der Waals surface area contributed by atoms with Crippen molar-refractivity contribution in [2.45, 2.75) is 39.3 Å². The second-order valence-electron chi connectivity index (χ2n) is 4.65. The van der Waals surface area contributed by atoms with Crippen LogP contribution in [0, 0.1) is 10.1 Å². The number of nitro benzene ring substituents is 1. The Balaban J connectivity index is 2.98. The van der Waals surface area contributed by atoms with E-state index in [0.717, 1.165) is 18.5 Å². The van der Waals surface area contributed by atoms with Crippen LogP contribution in [0.4, 0.5) is 5.69 Å². The van der Waals surface area contributed by atoms with Gasteiger partial charge >= 0.3 is 5.69 Å². The molecule has 1 aromatic rings. The molecule has 7 heteroatoms. The summed E-state index contributed by atoms with van der Waals surface area (Å²) in [4.78, 5) is 21.7. The third kappa shape index (κ3) is 5.03. The number of rotatable bonds is 9. The summed E-state index contributed by atoms with van der Waals surface area (Å²) in [5.41, 5.74) is 5.89. The Labute approximate surface area is 123 Å². The van der Waals surface area contributed by atoms with Crippen LogP contribution in [-0.4, -0.2) is 23.5 Å². The van der Waals surface area contributed by atoms with Crippen molar-refractivity contribution in [2.24, 2.45) is 5.73 Å². The van der Waals surface area contributed by atoms with Crippen LogP contribution in [0.2, 0.25) is 0 Å². The van der Waals surface area contributed by atoms with Crippen molar-refractivity contribution in [1.29, 1.82) is 0 Å². The summed E-state index contributed by atoms with van der Waals surface area (Å²) in [6.07, 6.45) is 0.475. The van der Waals surface area contributed by atoms with Crippen molar-refractivity contribution < 1.29 is 14.5 Å². The van der Waals surface area contributed by atoms with Gasteiger partial charge in [0.1, 0.15) is 0 Å². The summed E-state index contributed by atoms with van der Waals surface area (Å²) in [7, 11) is 0. The molecule has 0 saturated heterocycles. The van der Waals surface area contributed by atoms with E-state index in [-0.39, 0.29) is 11.4 Å². The van der Waals surface area contributed by atoms with Gasteiger partial charge in [-0.15, -0.1) is 0 Å². The normalized spacial score (nSPS) is 11.9. The molecule has 3 N–H and O–H groups in total. The van der Waals surface area contributed by atoms with Crippen LogP contribution in [0.25, 0.3) is 0 Å². The van der Waals surface area contributed by atoms with Crippen LogP contribution in [0.5, 0.6) is 5.75 Å². The quantitative estimate of drug-likeness (QED) is 0.410. The fraction of sp³-hybridized carbons (Fsp3) is 0.500. The monoisotopic (exact) mass is 295 g/mol. The van der Waals surface area contributed by atoms with Crippen LogP contribution in [-0.2, 0) is 11.3 Å². The average Bonchev–Trinajstić information content (AvgIpc) is 2.44. The van der Waals surface area contributed by atoms with Crippen molar-refractivity contribution >= 4 is 11.6 Å². The van der Waals surface area contributed by atoms with Crippen molar-refractivity contribution in [3.8, 4) is 5.75 Å². The van der Waals surface area contributed by atoms with E-state index in [9.17, 15) is 14.9 Å². The number of hydrogen-bond acceptors (Lipinski definition) is 5. The molecule has 0 radical (unpaired) electrons. The highest BCUT2D eigenvalue weighted by atomic mass is 16.6. The highest BCUT2D eigenvalue weighted by Gasteiger charge is 2.21. The number of hydrogen-bond donors (Lipinski definition) is 2. The second kappa shape index (κ2) is 8.21. The maximum atomic E-state index is 11.2. The van der Waals surface area contributed by atoms with Crippen LogP contribution < -0.4 is 15.8 Å². The number of ether oxygens (including phenoxy) is 1. The predicted molar refractivity (Wildman–Crippen MR) is 79.0 cm³/mol. The Morgan fingerprint density at radius 1 is 1.48 bits per heavy atom. The van der Waals surface area contributed by atoms with E-state index in [1.807, 2.05) is 0 Å². The fourth-order valence-corrected chi connectivity index (χ4v) is 1.82. The zero-order valence-electron chi connectivity index (χ0n) is 12.3. The molecular weight excluding hydrogens is 274 g/mol. The molecule has 0 spiro atoms. The summed E-state index contributed by atoms with van der Waals surface area (Å²) in [6.45, 7) is 5.21. The molecule has 0 bridgehead atoms. The van der Waals surface area contributed by atoms with Gasteiger partial charge < -0.3 is 15.8 Å². The minimum atomic E-state index is -0.873. The molecule has 0 heterocycles. The molecule has 0 aliphatic rings. The number of nitrogens with zero attached hydrogens (tertiary/aromatic N) is 1. The number of carbonyl (C=O) groups is 1. The lowest BCUT2D eigenvalue weighted by Gasteiger charge is -2.15. The van der Waals surface area contributed by atoms with Gasteiger partial charge in [0, 0.05) is 12.6 Å². The molecule has 0 aliphatic carbocycles. The lowest BCUT2D eigenvalue weighted by molar-refractivity contribution is -0.386. The van der Waals surface area contributed by atoms with Gasteiger partial charge in [-0.25, -0.2) is 0 Å². The first-order valence-electron chi connectivity index (χ1n) is 6.93. The standard InChI is InChI=1S/C14H21N3O4/c1-3-7-16-9-10-5-6-11(17(19)20)13(8-10)21-12(4-2)14(15)18/h5-6,8,12,16H,3-4,7,9H2,1-2H3,(H2,15,18). The number of benzene rings is 1. The third-order valence-electron chi connectivity index (χ3n) is 2.93. The first-order chi connectivity index (χ1) is 9.99. The smallest absolute Gasteiger partial charge is 0.310 e. The summed E-state index contributed by atoms with van der Waals surface area (Å²) >= 11 is 0. The topological polar surface area (TPSA) is 107 Å². The molecule has 7 nitrogen and oxygen atoms in total. The van der Waals surface area contributed by atoms with E-state index >= 15 is 0 Å². The number of nitrogens with one attached hydrogen (secondary N) is 1. The molecule has 1 unspecified atom stereocenters. The zero-order valence-corrected chi connectivity index (χ0v) is 12.3. The number of primary amides is 1. The third-order valence-corrected chi connectivity index (χ3v) is 2.93. The van der Waals surface area contributed by atoms with Gasteiger partial charge in [-0.05, 0) is 31.0 Å². The van der Waals surface area contributed by atoms with Gasteiger partial charge in [0.25, 0.3) is 5.91 Å². The van der Waals surface area contributed by atoms with E-state index in [4.69, 9.17) is 10.5 Å². The van der Waals surface area contributed by atoms with Gasteiger partial charge in [-0.1, -0.05) is 19.9 Å². The van der Waals surface area contributed by atoms with Crippen molar-refractivity contribution in [3.63, 3.8) is 0 Å². The van der Waals surface area contributed by atoms with Crippen LogP contribution in [0.1, 0.15) is 32.3 Å². The lowest BCUT2D eigenvalue weighted by Crippen LogP contribution is -2.33. The number of carbonyl (C=O) groups excluding carboxylic acids is 1. The Morgan fingerprint density at radius 2 is 2.19 bits per heavy atom. The Hall–Kier alpha value is -2.15. The minimum absolute atomic E-state index is 0.0708. The first-order valence-corrected chi connectivity index (χ1v) is 6.93. The van der Waals surface area contributed by atoms with E-state index in [1.54, 1.807) is 19.1 Å². The van der Waals surface area contributed by atoms with Gasteiger partial charge in [0.05, 0.1) is 4.92 Å². The number of nitro groups is 1. The average molecular weight is 295 g/mol. The summed E-state index contributed by atoms with van der Waals surface area (Å²) in [6, 6.07) is 4.62. The Kier molecular flexibility index (Phi) is 6.61. The largest absolute Gasteiger partial charge is 0.473 e. The maximum absolute atomic E-state index is 11.2. The van der Waals surface area contributed by atoms with Crippen LogP contribution in [0.15, 0.2) is 18.2 Å². The molecule has 1 atom stereocenters. The van der Waals surface area contributed by atoms with Crippen molar-refractivity contribution in [1.82, 2.24) is 5.32 Å². The predicted octanol–water partition coefficient (Wildman–Crippen LogP) is 1.74. The number of amides is 1. The van der Waals surface area contributed by atoms with Crippen LogP contribution in [0.3, 0.4) is 0 Å². The van der Waals surface area contributed by atoms with Crippen molar-refractivity contribution in [2.75, 3.05) is 6.54 Å². The molecule has 116 valence electrons. The molecule has 0 aliphatic heterocycles. The molecule has 0 saturated carbocycles. The lowest BCUT2D eigenvalue weighted by atomic mass is 10.1. The van der Waals surface area contributed by atoms with Gasteiger partial charge in [0.2, 0.25) is 0 Å². The minimum Gasteiger partial charge on any atom is -0.473 e. The van der Waals surface area contributed by atoms with E-state index in [0.29, 0.717) is 13.0 Å². The highest BCUT2D eigenvalue weighted by molar-refractivity contribution is 5.79. The fourth-order valence-electron chi connectivity index (χ4n) is 1.82. The molecule has 1 aromatic carbocycles. The first kappa shape index (κ1) is 16.9. The Bertz CT molecular complexity index is 505. The SMILES string of the molecule is CCCNCc1ccc([N+](=O)[O-])c(OC(CC)C(N)=O)c1. The number of nitrogens with two attached hydrogens (primary N) is 1. The molecular formula is C14H21N3O4. The molecule has 0 aromatic heterocycles. The molecule has 1 rings (SSSR count). The highest BCUT2D eigenvalue weighted by Crippen LogP contribution is 2.29. The van der Waals surface area contributed by atoms with E-state index in [1.165, 1.54) is 6.07 Å². The summed E-state index contributed by atoms with van der Waals surface area (Å²) < 4.78 is 5.42. The van der Waals surface area contributed by atoms with Crippen molar-refractivity contribution in [3.05, 3.63) is 33.9 Å². The molecule has 21 heavy (non-hydrogen) atoms. The zero-order chi connectivity index (χ0) is 15.8. The van der Waals surface area contributed by atoms with Gasteiger partial charge in [-0.2, -0.15) is 0 Å². The van der Waals surface area contributed by atoms with E-state index < -0.39 is 16.9 Å². The summed E-state index contributed by atoms with van der Waals surface area (Å²) in [5.74, 6) is -0.567. The van der Waals surface area contributed by atoms with Gasteiger partial charge in [-0.3, -0.25) is 14.9 Å². The second-order valence-corrected chi connectivity index (χ2v) is 4.65. The van der Waals surface area contributed by atoms with Gasteiger partial charge in [0.15, 0.2) is 11.9 Å². The summed E-state index contributed by atoms with van der Waals surface area (Å²) in [5, 5.41) is 14.2. The van der Waals surface area contributed by atoms with E-state index in [2.05, 4.69) is 12.2 Å². The van der Waals surface area contributed by atoms with Crippen LogP contribution >= 0.6 is 0 Å². The molecule has 1 amide bonds. The Morgan fingerprint density at radius 3 is 2.71 bits per heavy atom. The maximum Gasteiger partial charge on any atom is 0.310 e.